The minimum atomic E-state index is -0.126. The van der Waals surface area contributed by atoms with Crippen LogP contribution in [-0.2, 0) is 0 Å². The third-order valence-electron chi connectivity index (χ3n) is 4.55. The lowest BCUT2D eigenvalue weighted by Crippen LogP contribution is -2.17. The number of hydrogen-bond acceptors (Lipinski definition) is 3. The molecule has 0 heterocycles. The third-order valence-corrected chi connectivity index (χ3v) is 4.55. The van der Waals surface area contributed by atoms with Gasteiger partial charge in [-0.3, -0.25) is 4.79 Å². The van der Waals surface area contributed by atoms with Gasteiger partial charge in [0.25, 0.3) is 0 Å². The first-order valence-electron chi connectivity index (χ1n) is 7.88. The van der Waals surface area contributed by atoms with Gasteiger partial charge in [-0.05, 0) is 48.8 Å². The molecule has 2 rings (SSSR count). The average molecular weight is 302 g/mol. The molecule has 0 radical (unpaired) electrons. The molecular formula is C19H26O3. The maximum atomic E-state index is 12.7. The molecule has 0 saturated carbocycles. The summed E-state index contributed by atoms with van der Waals surface area (Å²) in [5.74, 6) is 0.936. The van der Waals surface area contributed by atoms with Gasteiger partial charge in [0.15, 0.2) is 5.78 Å². The zero-order valence-corrected chi connectivity index (χ0v) is 14.2. The molecule has 0 spiro atoms. The van der Waals surface area contributed by atoms with Gasteiger partial charge in [0.2, 0.25) is 0 Å². The molecule has 0 bridgehead atoms. The highest BCUT2D eigenvalue weighted by molar-refractivity contribution is 6.01. The Balaban J connectivity index is 2.27. The van der Waals surface area contributed by atoms with Crippen molar-refractivity contribution in [3.05, 3.63) is 34.9 Å². The zero-order valence-electron chi connectivity index (χ0n) is 14.2. The lowest BCUT2D eigenvalue weighted by atomic mass is 9.82. The first-order valence-corrected chi connectivity index (χ1v) is 7.88. The second-order valence-corrected chi connectivity index (χ2v) is 6.99. The van der Waals surface area contributed by atoms with E-state index in [9.17, 15) is 9.90 Å². The van der Waals surface area contributed by atoms with Crippen molar-refractivity contribution in [1.29, 1.82) is 0 Å². The summed E-state index contributed by atoms with van der Waals surface area (Å²) in [7, 11) is 1.53. The van der Waals surface area contributed by atoms with Crippen LogP contribution in [0.25, 0.3) is 0 Å². The van der Waals surface area contributed by atoms with E-state index < -0.39 is 0 Å². The van der Waals surface area contributed by atoms with Crippen LogP contribution in [0.4, 0.5) is 0 Å². The van der Waals surface area contributed by atoms with Gasteiger partial charge in [-0.1, -0.05) is 32.4 Å². The predicted octanol–water partition coefficient (Wildman–Crippen LogP) is 4.66. The number of phenolic OH excluding ortho intramolecular Hbond substituents is 1. The monoisotopic (exact) mass is 302 g/mol. The Labute approximate surface area is 133 Å². The van der Waals surface area contributed by atoms with Gasteiger partial charge in [-0.2, -0.15) is 0 Å². The van der Waals surface area contributed by atoms with Crippen LogP contribution in [0.3, 0.4) is 0 Å². The minimum Gasteiger partial charge on any atom is -0.507 e. The first kappa shape index (κ1) is 16.6. The van der Waals surface area contributed by atoms with Gasteiger partial charge >= 0.3 is 0 Å². The zero-order chi connectivity index (χ0) is 16.5. The standard InChI is InChI=1S/C19H26O3/c1-12(2)14-6-7-19(4,10-14)11-16(21)18-15(20)8-13(3)9-17(18)22-5/h8-10,12,20H,6-7,11H2,1-5H3/t19-/m1/s1. The molecule has 22 heavy (non-hydrogen) atoms. The Hall–Kier alpha value is -1.77. The van der Waals surface area contributed by atoms with Crippen molar-refractivity contribution in [2.75, 3.05) is 7.11 Å². The second-order valence-electron chi connectivity index (χ2n) is 6.99. The van der Waals surface area contributed by atoms with E-state index >= 15 is 0 Å². The highest BCUT2D eigenvalue weighted by Crippen LogP contribution is 2.43. The molecule has 1 aliphatic rings. The molecule has 0 aliphatic heterocycles. The Morgan fingerprint density at radius 2 is 2.09 bits per heavy atom. The third kappa shape index (κ3) is 3.34. The van der Waals surface area contributed by atoms with Crippen LogP contribution in [0, 0.1) is 18.3 Å². The Kier molecular flexibility index (Phi) is 4.64. The minimum absolute atomic E-state index is 0.0107. The number of ketones is 1. The molecule has 0 aromatic heterocycles. The summed E-state index contributed by atoms with van der Waals surface area (Å²) in [5.41, 5.74) is 2.48. The number of benzene rings is 1. The summed E-state index contributed by atoms with van der Waals surface area (Å²) >= 11 is 0. The van der Waals surface area contributed by atoms with Crippen LogP contribution in [0.15, 0.2) is 23.8 Å². The summed E-state index contributed by atoms with van der Waals surface area (Å²) in [5, 5.41) is 10.2. The maximum Gasteiger partial charge on any atom is 0.171 e. The second kappa shape index (κ2) is 6.15. The van der Waals surface area contributed by atoms with Crippen molar-refractivity contribution in [3.63, 3.8) is 0 Å². The van der Waals surface area contributed by atoms with Crippen molar-refractivity contribution in [2.24, 2.45) is 11.3 Å². The maximum absolute atomic E-state index is 12.7. The van der Waals surface area contributed by atoms with E-state index in [2.05, 4.69) is 26.8 Å². The van der Waals surface area contributed by atoms with E-state index in [1.165, 1.54) is 12.7 Å². The van der Waals surface area contributed by atoms with Crippen molar-refractivity contribution >= 4 is 5.78 Å². The summed E-state index contributed by atoms with van der Waals surface area (Å²) in [6, 6.07) is 3.40. The van der Waals surface area contributed by atoms with Crippen molar-refractivity contribution < 1.29 is 14.6 Å². The number of aryl methyl sites for hydroxylation is 1. The van der Waals surface area contributed by atoms with Crippen LogP contribution >= 0.6 is 0 Å². The van der Waals surface area contributed by atoms with E-state index in [0.29, 0.717) is 23.7 Å². The van der Waals surface area contributed by atoms with Crippen molar-refractivity contribution in [3.8, 4) is 11.5 Å². The summed E-state index contributed by atoms with van der Waals surface area (Å²) < 4.78 is 5.29. The number of allylic oxidation sites excluding steroid dienone is 2. The van der Waals surface area contributed by atoms with Gasteiger partial charge < -0.3 is 9.84 Å². The van der Waals surface area contributed by atoms with Gasteiger partial charge in [0, 0.05) is 6.42 Å². The number of hydrogen-bond donors (Lipinski definition) is 1. The lowest BCUT2D eigenvalue weighted by molar-refractivity contribution is 0.0937. The van der Waals surface area contributed by atoms with Crippen LogP contribution in [-0.4, -0.2) is 18.0 Å². The van der Waals surface area contributed by atoms with E-state index in [1.54, 1.807) is 12.1 Å². The molecule has 0 unspecified atom stereocenters. The number of methoxy groups -OCH3 is 1. The molecule has 0 amide bonds. The number of ether oxygens (including phenoxy) is 1. The number of rotatable bonds is 5. The highest BCUT2D eigenvalue weighted by Gasteiger charge is 2.33. The predicted molar refractivity (Wildman–Crippen MR) is 88.6 cm³/mol. The fourth-order valence-electron chi connectivity index (χ4n) is 3.25. The van der Waals surface area contributed by atoms with E-state index in [0.717, 1.165) is 18.4 Å². The SMILES string of the molecule is COc1cc(C)cc(O)c1C(=O)C[C@@]1(C)C=C(C(C)C)CC1. The summed E-state index contributed by atoms with van der Waals surface area (Å²) in [6.07, 6.45) is 4.70. The number of carbonyl (C=O) groups excluding carboxylic acids is 1. The Morgan fingerprint density at radius 1 is 1.41 bits per heavy atom. The molecule has 0 saturated heterocycles. The Bertz CT molecular complexity index is 613. The number of aromatic hydroxyl groups is 1. The van der Waals surface area contributed by atoms with E-state index in [4.69, 9.17) is 4.74 Å². The normalized spacial score (nSPS) is 21.1. The highest BCUT2D eigenvalue weighted by atomic mass is 16.5. The summed E-state index contributed by atoms with van der Waals surface area (Å²) in [4.78, 5) is 12.7. The molecule has 1 aliphatic carbocycles. The largest absolute Gasteiger partial charge is 0.507 e. The first-order chi connectivity index (χ1) is 10.3. The number of Topliss-reactive ketones (excluding diaryl/α,β-unsaturated/α-hetero) is 1. The molecule has 1 atom stereocenters. The van der Waals surface area contributed by atoms with Crippen molar-refractivity contribution in [2.45, 2.75) is 47.0 Å². The molecule has 0 fully saturated rings. The molecule has 3 nitrogen and oxygen atoms in total. The van der Waals surface area contributed by atoms with Crippen LogP contribution < -0.4 is 4.74 Å². The van der Waals surface area contributed by atoms with Crippen LogP contribution in [0.5, 0.6) is 11.5 Å². The fourth-order valence-corrected chi connectivity index (χ4v) is 3.25. The number of phenols is 1. The van der Waals surface area contributed by atoms with Crippen molar-refractivity contribution in [1.82, 2.24) is 0 Å². The average Bonchev–Trinajstić information content (AvgIpc) is 2.79. The quantitative estimate of drug-likeness (QED) is 0.635. The molecule has 120 valence electrons. The number of carbonyl (C=O) groups is 1. The molecule has 1 N–H and O–H groups in total. The Morgan fingerprint density at radius 3 is 2.64 bits per heavy atom. The van der Waals surface area contributed by atoms with E-state index in [-0.39, 0.29) is 16.9 Å². The smallest absolute Gasteiger partial charge is 0.171 e. The van der Waals surface area contributed by atoms with Gasteiger partial charge in [0.1, 0.15) is 17.1 Å². The topological polar surface area (TPSA) is 46.5 Å². The fraction of sp³-hybridized carbons (Fsp3) is 0.526. The van der Waals surface area contributed by atoms with Crippen LogP contribution in [0.1, 0.15) is 56.0 Å². The molecule has 1 aromatic carbocycles. The van der Waals surface area contributed by atoms with Gasteiger partial charge in [-0.15, -0.1) is 0 Å². The summed E-state index contributed by atoms with van der Waals surface area (Å²) in [6.45, 7) is 8.37. The lowest BCUT2D eigenvalue weighted by Gasteiger charge is -2.21. The van der Waals surface area contributed by atoms with Gasteiger partial charge in [0.05, 0.1) is 7.11 Å². The molecular weight excluding hydrogens is 276 g/mol. The molecule has 3 heteroatoms. The molecule has 1 aromatic rings. The van der Waals surface area contributed by atoms with E-state index in [1.807, 2.05) is 6.92 Å². The van der Waals surface area contributed by atoms with Crippen LogP contribution in [0.2, 0.25) is 0 Å². The van der Waals surface area contributed by atoms with Gasteiger partial charge in [-0.25, -0.2) is 0 Å².